The lowest BCUT2D eigenvalue weighted by molar-refractivity contribution is 0.443. The molecule has 1 aliphatic rings. The molecule has 0 radical (unpaired) electrons. The van der Waals surface area contributed by atoms with E-state index >= 15 is 0 Å². The van der Waals surface area contributed by atoms with Crippen LogP contribution in [-0.4, -0.2) is 5.11 Å². The monoisotopic (exact) mass is 336 g/mol. The van der Waals surface area contributed by atoms with Crippen molar-refractivity contribution in [3.8, 4) is 11.8 Å². The Morgan fingerprint density at radius 1 is 1.12 bits per heavy atom. The van der Waals surface area contributed by atoms with E-state index in [4.69, 9.17) is 16.1 Å². The summed E-state index contributed by atoms with van der Waals surface area (Å²) in [5, 5.41) is 18.1. The van der Waals surface area contributed by atoms with Crippen molar-refractivity contribution in [1.29, 1.82) is 5.26 Å². The van der Waals surface area contributed by atoms with E-state index in [1.54, 1.807) is 18.2 Å². The Hall–Kier alpha value is -2.47. The van der Waals surface area contributed by atoms with Crippen molar-refractivity contribution < 1.29 is 5.11 Å². The van der Waals surface area contributed by atoms with Crippen LogP contribution in [0, 0.1) is 18.3 Å². The largest absolute Gasteiger partial charge is 0.508 e. The van der Waals surface area contributed by atoms with E-state index < -0.39 is 0 Å². The number of nitrogen functional groups attached to an aromatic ring is 1. The molecule has 2 aromatic carbocycles. The van der Waals surface area contributed by atoms with Crippen LogP contribution in [0.15, 0.2) is 36.4 Å². The van der Waals surface area contributed by atoms with Gasteiger partial charge in [0.2, 0.25) is 0 Å². The average Bonchev–Trinajstić information content (AvgIpc) is 2.64. The van der Waals surface area contributed by atoms with Gasteiger partial charge in [-0.15, -0.1) is 0 Å². The summed E-state index contributed by atoms with van der Waals surface area (Å²) in [6.07, 6.45) is 7.40. The minimum absolute atomic E-state index is 0.283. The van der Waals surface area contributed by atoms with Crippen LogP contribution in [0.3, 0.4) is 0 Å². The molecule has 0 saturated heterocycles. The zero-order valence-corrected chi connectivity index (χ0v) is 15.3. The number of phenolic OH excluding ortho intramolecular Hbond substituents is 1. The van der Waals surface area contributed by atoms with Crippen LogP contribution in [0.4, 0.5) is 5.69 Å². The molecule has 3 rings (SSSR count). The molecule has 2 aromatic rings. The molecule has 0 unspecified atom stereocenters. The van der Waals surface area contributed by atoms with Gasteiger partial charge in [0.1, 0.15) is 5.75 Å². The van der Waals surface area contributed by atoms with Gasteiger partial charge in [-0.3, -0.25) is 0 Å². The molecule has 0 atom stereocenters. The summed E-state index contributed by atoms with van der Waals surface area (Å²) in [5.74, 6) is 0.917. The van der Waals surface area contributed by atoms with Crippen LogP contribution in [0.2, 0.25) is 0 Å². The molecule has 3 nitrogen and oxygen atoms in total. The van der Waals surface area contributed by atoms with Crippen molar-refractivity contribution in [3.63, 3.8) is 0 Å². The minimum Gasteiger partial charge on any atom is -0.508 e. The number of aromatic hydroxyl groups is 1. The lowest BCUT2D eigenvalue weighted by Gasteiger charge is -2.22. The first-order valence-corrected chi connectivity index (χ1v) is 9.13. The average molecular weight is 336 g/mol. The maximum atomic E-state index is 9.12. The molecule has 1 fully saturated rings. The number of rotatable bonds is 2. The maximum Gasteiger partial charge on any atom is 0.116 e. The van der Waals surface area contributed by atoms with E-state index in [2.05, 4.69) is 18.2 Å². The van der Waals surface area contributed by atoms with Gasteiger partial charge >= 0.3 is 0 Å². The Labute approximate surface area is 151 Å². The van der Waals surface area contributed by atoms with E-state index in [1.807, 2.05) is 19.9 Å². The third-order valence-electron chi connectivity index (χ3n) is 4.88. The molecular formula is C22H28N2O. The van der Waals surface area contributed by atoms with Gasteiger partial charge in [0.15, 0.2) is 0 Å². The number of nitrogens with two attached hydrogens (primary N) is 1. The van der Waals surface area contributed by atoms with Crippen LogP contribution in [-0.2, 0) is 6.42 Å². The highest BCUT2D eigenvalue weighted by Crippen LogP contribution is 2.34. The SMILES string of the molecule is CCc1cc(O)ccc1N.Cc1ccc(C2CCCCC2)c(C#N)c1. The summed E-state index contributed by atoms with van der Waals surface area (Å²) >= 11 is 0. The Balaban J connectivity index is 0.000000196. The van der Waals surface area contributed by atoms with Gasteiger partial charge in [0.25, 0.3) is 0 Å². The molecule has 1 saturated carbocycles. The third-order valence-corrected chi connectivity index (χ3v) is 4.88. The second-order valence-corrected chi connectivity index (χ2v) is 6.77. The van der Waals surface area contributed by atoms with Gasteiger partial charge in [-0.05, 0) is 73.1 Å². The Kier molecular flexibility index (Phi) is 6.89. The first kappa shape index (κ1) is 18.9. The molecule has 0 bridgehead atoms. The standard InChI is InChI=1S/C14H17N.C8H11NO/c1-11-7-8-14(13(9-11)10-15)12-5-3-2-4-6-12;1-2-6-5-7(10)3-4-8(6)9/h7-9,12H,2-6H2,1H3;3-5,10H,2,9H2,1H3. The van der Waals surface area contributed by atoms with Crippen molar-refractivity contribution in [2.24, 2.45) is 0 Å². The predicted octanol–water partition coefficient (Wildman–Crippen LogP) is 5.45. The number of aryl methyl sites for hydroxylation is 2. The number of anilines is 1. The number of nitriles is 1. The zero-order chi connectivity index (χ0) is 18.2. The fourth-order valence-corrected chi connectivity index (χ4v) is 3.43. The molecule has 0 amide bonds. The summed E-state index contributed by atoms with van der Waals surface area (Å²) in [5.41, 5.74) is 10.7. The number of benzene rings is 2. The van der Waals surface area contributed by atoms with E-state index in [1.165, 1.54) is 43.2 Å². The fourth-order valence-electron chi connectivity index (χ4n) is 3.43. The lowest BCUT2D eigenvalue weighted by Crippen LogP contribution is -2.06. The molecule has 0 aliphatic heterocycles. The van der Waals surface area contributed by atoms with Gasteiger partial charge < -0.3 is 10.8 Å². The highest BCUT2D eigenvalue weighted by Gasteiger charge is 2.18. The molecule has 3 N–H and O–H groups in total. The number of hydrogen-bond donors (Lipinski definition) is 2. The van der Waals surface area contributed by atoms with E-state index in [0.717, 1.165) is 23.2 Å². The summed E-state index contributed by atoms with van der Waals surface area (Å²) in [6, 6.07) is 13.6. The summed E-state index contributed by atoms with van der Waals surface area (Å²) in [6.45, 7) is 4.05. The van der Waals surface area contributed by atoms with Crippen molar-refractivity contribution in [2.75, 3.05) is 5.73 Å². The van der Waals surface area contributed by atoms with E-state index in [9.17, 15) is 0 Å². The van der Waals surface area contributed by atoms with Crippen LogP contribution in [0.25, 0.3) is 0 Å². The van der Waals surface area contributed by atoms with Crippen molar-refractivity contribution in [2.45, 2.75) is 58.3 Å². The number of nitrogens with zero attached hydrogens (tertiary/aromatic N) is 1. The molecule has 132 valence electrons. The number of phenols is 1. The summed E-state index contributed by atoms with van der Waals surface area (Å²) in [4.78, 5) is 0. The molecule has 3 heteroatoms. The third kappa shape index (κ3) is 5.26. The lowest BCUT2D eigenvalue weighted by atomic mass is 9.82. The van der Waals surface area contributed by atoms with Gasteiger partial charge in [-0.2, -0.15) is 5.26 Å². The Morgan fingerprint density at radius 2 is 1.84 bits per heavy atom. The first-order valence-electron chi connectivity index (χ1n) is 9.13. The quantitative estimate of drug-likeness (QED) is 0.566. The van der Waals surface area contributed by atoms with Crippen LogP contribution in [0.5, 0.6) is 5.75 Å². The highest BCUT2D eigenvalue weighted by atomic mass is 16.3. The topological polar surface area (TPSA) is 70.0 Å². The van der Waals surface area contributed by atoms with Gasteiger partial charge in [-0.25, -0.2) is 0 Å². The van der Waals surface area contributed by atoms with Gasteiger partial charge in [-0.1, -0.05) is 38.3 Å². The Bertz CT molecular complexity index is 740. The van der Waals surface area contributed by atoms with Crippen LogP contribution < -0.4 is 5.73 Å². The van der Waals surface area contributed by atoms with Gasteiger partial charge in [0.05, 0.1) is 11.6 Å². The minimum atomic E-state index is 0.283. The second kappa shape index (κ2) is 9.13. The van der Waals surface area contributed by atoms with Crippen molar-refractivity contribution >= 4 is 5.69 Å². The van der Waals surface area contributed by atoms with Crippen LogP contribution >= 0.6 is 0 Å². The zero-order valence-electron chi connectivity index (χ0n) is 15.3. The summed E-state index contributed by atoms with van der Waals surface area (Å²) in [7, 11) is 0. The summed E-state index contributed by atoms with van der Waals surface area (Å²) < 4.78 is 0. The normalized spacial score (nSPS) is 14.3. The van der Waals surface area contributed by atoms with Gasteiger partial charge in [0, 0.05) is 5.69 Å². The van der Waals surface area contributed by atoms with Crippen molar-refractivity contribution in [1.82, 2.24) is 0 Å². The highest BCUT2D eigenvalue weighted by molar-refractivity contribution is 5.50. The first-order chi connectivity index (χ1) is 12.0. The molecule has 25 heavy (non-hydrogen) atoms. The predicted molar refractivity (Wildman–Crippen MR) is 104 cm³/mol. The molecule has 0 aromatic heterocycles. The fraction of sp³-hybridized carbons (Fsp3) is 0.409. The molecule has 0 heterocycles. The van der Waals surface area contributed by atoms with Crippen molar-refractivity contribution in [3.05, 3.63) is 58.7 Å². The van der Waals surface area contributed by atoms with E-state index in [-0.39, 0.29) is 5.75 Å². The maximum absolute atomic E-state index is 9.12. The van der Waals surface area contributed by atoms with Crippen LogP contribution in [0.1, 0.15) is 67.2 Å². The van der Waals surface area contributed by atoms with E-state index in [0.29, 0.717) is 5.92 Å². The Morgan fingerprint density at radius 3 is 2.44 bits per heavy atom. The second-order valence-electron chi connectivity index (χ2n) is 6.77. The number of hydrogen-bond acceptors (Lipinski definition) is 3. The molecule has 0 spiro atoms. The molecular weight excluding hydrogens is 308 g/mol. The molecule has 1 aliphatic carbocycles. The smallest absolute Gasteiger partial charge is 0.116 e.